The van der Waals surface area contributed by atoms with Gasteiger partial charge in [-0.05, 0) is 47.1 Å². The molecule has 3 amide bonds. The van der Waals surface area contributed by atoms with Crippen LogP contribution in [-0.4, -0.2) is 29.2 Å². The van der Waals surface area contributed by atoms with Crippen LogP contribution in [0.15, 0.2) is 34.1 Å². The number of carbonyl (C=O) groups is 3. The van der Waals surface area contributed by atoms with Gasteiger partial charge in [0.05, 0.1) is 15.2 Å². The van der Waals surface area contributed by atoms with Crippen molar-refractivity contribution < 1.29 is 14.4 Å². The number of nitrogens with zero attached hydrogens (tertiary/aromatic N) is 1. The van der Waals surface area contributed by atoms with Crippen LogP contribution in [0.4, 0.5) is 4.79 Å². The van der Waals surface area contributed by atoms with E-state index in [2.05, 4.69) is 21.2 Å². The van der Waals surface area contributed by atoms with E-state index in [0.717, 1.165) is 8.69 Å². The molecular weight excluding hydrogens is 451 g/mol. The Balaban J connectivity index is 1.88. The van der Waals surface area contributed by atoms with Crippen LogP contribution in [0.25, 0.3) is 0 Å². The minimum absolute atomic E-state index is 0.263. The van der Waals surface area contributed by atoms with Crippen molar-refractivity contribution in [3.8, 4) is 0 Å². The monoisotopic (exact) mass is 460 g/mol. The second kappa shape index (κ2) is 6.72. The Morgan fingerprint density at radius 3 is 2.60 bits per heavy atom. The summed E-state index contributed by atoms with van der Waals surface area (Å²) in [5.41, 5.74) is -0.930. The quantitative estimate of drug-likeness (QED) is 0.539. The van der Waals surface area contributed by atoms with E-state index in [0.29, 0.717) is 15.5 Å². The van der Waals surface area contributed by atoms with Gasteiger partial charge >= 0.3 is 6.03 Å². The molecule has 1 fully saturated rings. The maximum atomic E-state index is 12.8. The van der Waals surface area contributed by atoms with Gasteiger partial charge in [0.25, 0.3) is 5.91 Å². The number of Topliss-reactive ketones (excluding diaryl/α,β-unsaturated/α-hetero) is 1. The SMILES string of the molecule is CC1(c2ccc(Cl)cc2Cl)NC(=O)N(CC(=O)c2ccc(Br)s2)C1=O. The molecule has 2 aromatic rings. The summed E-state index contributed by atoms with van der Waals surface area (Å²) in [4.78, 5) is 38.8. The molecule has 1 aliphatic rings. The summed E-state index contributed by atoms with van der Waals surface area (Å²) >= 11 is 16.6. The highest BCUT2D eigenvalue weighted by Gasteiger charge is 2.50. The minimum Gasteiger partial charge on any atom is -0.319 e. The predicted octanol–water partition coefficient (Wildman–Crippen LogP) is 4.47. The Morgan fingerprint density at radius 1 is 1.28 bits per heavy atom. The maximum Gasteiger partial charge on any atom is 0.325 e. The van der Waals surface area contributed by atoms with Crippen LogP contribution < -0.4 is 5.32 Å². The highest BCUT2D eigenvalue weighted by Crippen LogP contribution is 2.35. The number of hydrogen-bond acceptors (Lipinski definition) is 4. The summed E-state index contributed by atoms with van der Waals surface area (Å²) in [6.45, 7) is 1.22. The summed E-state index contributed by atoms with van der Waals surface area (Å²) in [5, 5.41) is 3.30. The molecule has 1 aliphatic heterocycles. The Kier molecular flexibility index (Phi) is 4.94. The zero-order valence-corrected chi connectivity index (χ0v) is 16.7. The zero-order chi connectivity index (χ0) is 18.4. The molecule has 130 valence electrons. The lowest BCUT2D eigenvalue weighted by atomic mass is 9.92. The Hall–Kier alpha value is -1.41. The molecule has 1 unspecified atom stereocenters. The largest absolute Gasteiger partial charge is 0.325 e. The number of amides is 3. The van der Waals surface area contributed by atoms with Crippen LogP contribution in [0, 0.1) is 0 Å². The first-order chi connectivity index (χ1) is 11.7. The van der Waals surface area contributed by atoms with Gasteiger partial charge < -0.3 is 5.32 Å². The van der Waals surface area contributed by atoms with Crippen LogP contribution in [-0.2, 0) is 10.3 Å². The molecule has 1 atom stereocenters. The Bertz CT molecular complexity index is 901. The number of thiophene rings is 1. The van der Waals surface area contributed by atoms with Gasteiger partial charge in [0.15, 0.2) is 5.78 Å². The minimum atomic E-state index is -1.35. The second-order valence-electron chi connectivity index (χ2n) is 5.60. The summed E-state index contributed by atoms with van der Waals surface area (Å²) in [5.74, 6) is -0.851. The fraction of sp³-hybridized carbons (Fsp3) is 0.188. The third-order valence-corrected chi connectivity index (χ3v) is 6.11. The van der Waals surface area contributed by atoms with Crippen LogP contribution in [0.1, 0.15) is 22.2 Å². The number of urea groups is 1. The number of nitrogens with one attached hydrogen (secondary N) is 1. The molecule has 9 heteroatoms. The highest BCUT2D eigenvalue weighted by molar-refractivity contribution is 9.11. The van der Waals surface area contributed by atoms with Gasteiger partial charge in [-0.2, -0.15) is 0 Å². The number of carbonyl (C=O) groups excluding carboxylic acids is 3. The Morgan fingerprint density at radius 2 is 2.00 bits per heavy atom. The van der Waals surface area contributed by atoms with Crippen LogP contribution in [0.5, 0.6) is 0 Å². The van der Waals surface area contributed by atoms with Gasteiger partial charge in [-0.1, -0.05) is 29.3 Å². The first-order valence-electron chi connectivity index (χ1n) is 7.10. The molecule has 1 aromatic heterocycles. The van der Waals surface area contributed by atoms with E-state index in [-0.39, 0.29) is 17.4 Å². The molecule has 0 aliphatic carbocycles. The molecule has 25 heavy (non-hydrogen) atoms. The van der Waals surface area contributed by atoms with E-state index in [9.17, 15) is 14.4 Å². The molecular formula is C16H11BrCl2N2O3S. The number of benzene rings is 1. The fourth-order valence-corrected chi connectivity index (χ4v) is 4.52. The van der Waals surface area contributed by atoms with E-state index in [1.165, 1.54) is 17.4 Å². The molecule has 1 saturated heterocycles. The molecule has 1 N–H and O–H groups in total. The van der Waals surface area contributed by atoms with E-state index in [4.69, 9.17) is 23.2 Å². The summed E-state index contributed by atoms with van der Waals surface area (Å²) in [6, 6.07) is 7.42. The average Bonchev–Trinajstić information content (AvgIpc) is 3.05. The molecule has 1 aromatic carbocycles. The van der Waals surface area contributed by atoms with Crippen molar-refractivity contribution in [2.75, 3.05) is 6.54 Å². The predicted molar refractivity (Wildman–Crippen MR) is 100 cm³/mol. The van der Waals surface area contributed by atoms with E-state index < -0.39 is 17.5 Å². The summed E-state index contributed by atoms with van der Waals surface area (Å²) in [6.07, 6.45) is 0. The molecule has 0 radical (unpaired) electrons. The number of hydrogen-bond donors (Lipinski definition) is 1. The van der Waals surface area contributed by atoms with Crippen molar-refractivity contribution >= 4 is 68.2 Å². The third-order valence-electron chi connectivity index (χ3n) is 3.89. The standard InChI is InChI=1S/C16H11BrCl2N2O3S/c1-16(9-3-2-8(18)6-10(9)19)14(23)21(15(24)20-16)7-11(22)12-4-5-13(17)25-12/h2-6H,7H2,1H3,(H,20,24). The van der Waals surface area contributed by atoms with E-state index >= 15 is 0 Å². The number of imide groups is 1. The van der Waals surface area contributed by atoms with E-state index in [1.807, 2.05) is 0 Å². The van der Waals surface area contributed by atoms with E-state index in [1.54, 1.807) is 31.2 Å². The lowest BCUT2D eigenvalue weighted by molar-refractivity contribution is -0.130. The van der Waals surface area contributed by atoms with Gasteiger partial charge in [-0.15, -0.1) is 11.3 Å². The van der Waals surface area contributed by atoms with Crippen molar-refractivity contribution in [2.24, 2.45) is 0 Å². The number of halogens is 3. The van der Waals surface area contributed by atoms with Crippen molar-refractivity contribution in [3.63, 3.8) is 0 Å². The topological polar surface area (TPSA) is 66.5 Å². The molecule has 0 bridgehead atoms. The Labute approximate surface area is 166 Å². The molecule has 5 nitrogen and oxygen atoms in total. The summed E-state index contributed by atoms with van der Waals surface area (Å²) in [7, 11) is 0. The number of rotatable bonds is 4. The first-order valence-corrected chi connectivity index (χ1v) is 9.47. The molecule has 0 spiro atoms. The fourth-order valence-electron chi connectivity index (χ4n) is 2.60. The van der Waals surface area contributed by atoms with Crippen molar-refractivity contribution in [1.29, 1.82) is 0 Å². The zero-order valence-electron chi connectivity index (χ0n) is 12.8. The van der Waals surface area contributed by atoms with Crippen LogP contribution >= 0.6 is 50.5 Å². The van der Waals surface area contributed by atoms with Crippen molar-refractivity contribution in [1.82, 2.24) is 10.2 Å². The van der Waals surface area contributed by atoms with Crippen molar-refractivity contribution in [2.45, 2.75) is 12.5 Å². The summed E-state index contributed by atoms with van der Waals surface area (Å²) < 4.78 is 0.797. The second-order valence-corrected chi connectivity index (χ2v) is 8.90. The lowest BCUT2D eigenvalue weighted by Gasteiger charge is -2.23. The maximum absolute atomic E-state index is 12.8. The van der Waals surface area contributed by atoms with Gasteiger partial charge in [0.2, 0.25) is 0 Å². The average molecular weight is 462 g/mol. The molecule has 0 saturated carbocycles. The molecule has 3 rings (SSSR count). The number of ketones is 1. The van der Waals surface area contributed by atoms with Crippen LogP contribution in [0.3, 0.4) is 0 Å². The lowest BCUT2D eigenvalue weighted by Crippen LogP contribution is -2.41. The molecule has 2 heterocycles. The van der Waals surface area contributed by atoms with Gasteiger partial charge in [-0.25, -0.2) is 4.79 Å². The van der Waals surface area contributed by atoms with Crippen LogP contribution in [0.2, 0.25) is 10.0 Å². The third kappa shape index (κ3) is 3.33. The highest BCUT2D eigenvalue weighted by atomic mass is 79.9. The van der Waals surface area contributed by atoms with Gasteiger partial charge in [0.1, 0.15) is 5.54 Å². The van der Waals surface area contributed by atoms with Gasteiger partial charge in [-0.3, -0.25) is 14.5 Å². The smallest absolute Gasteiger partial charge is 0.319 e. The first kappa shape index (κ1) is 18.4. The van der Waals surface area contributed by atoms with Crippen molar-refractivity contribution in [3.05, 3.63) is 54.6 Å². The normalized spacial score (nSPS) is 20.1. The van der Waals surface area contributed by atoms with Gasteiger partial charge in [0, 0.05) is 15.6 Å².